The number of thioether (sulfide) groups is 1. The van der Waals surface area contributed by atoms with E-state index >= 15 is 0 Å². The molecule has 11 heavy (non-hydrogen) atoms. The van der Waals surface area contributed by atoms with Crippen molar-refractivity contribution < 1.29 is 4.79 Å². The standard InChI is InChI=1S/C9H12OS/c1-4-6(2)9-7(3)11-5-8(9)10/h4,6,9H,1,3,5H2,2H3. The second-order valence-electron chi connectivity index (χ2n) is 2.79. The van der Waals surface area contributed by atoms with E-state index in [2.05, 4.69) is 13.2 Å². The van der Waals surface area contributed by atoms with Crippen LogP contribution in [0.25, 0.3) is 0 Å². The first kappa shape index (κ1) is 8.60. The molecule has 1 nitrogen and oxygen atoms in total. The van der Waals surface area contributed by atoms with Gasteiger partial charge in [-0.1, -0.05) is 19.6 Å². The highest BCUT2D eigenvalue weighted by atomic mass is 32.2. The number of allylic oxidation sites excluding steroid dienone is 2. The Morgan fingerprint density at radius 1 is 1.82 bits per heavy atom. The molecule has 0 aromatic carbocycles. The number of hydrogen-bond acceptors (Lipinski definition) is 2. The molecule has 0 radical (unpaired) electrons. The van der Waals surface area contributed by atoms with Crippen molar-refractivity contribution in [1.82, 2.24) is 0 Å². The maximum absolute atomic E-state index is 11.3. The molecule has 2 heteroatoms. The molecule has 0 N–H and O–H groups in total. The van der Waals surface area contributed by atoms with Crippen LogP contribution in [0.3, 0.4) is 0 Å². The van der Waals surface area contributed by atoms with Gasteiger partial charge in [0.25, 0.3) is 0 Å². The number of rotatable bonds is 2. The highest BCUT2D eigenvalue weighted by Crippen LogP contribution is 2.36. The molecule has 60 valence electrons. The average Bonchev–Trinajstić information content (AvgIpc) is 2.30. The first-order valence-corrected chi connectivity index (χ1v) is 4.62. The van der Waals surface area contributed by atoms with Crippen LogP contribution in [0, 0.1) is 11.8 Å². The second kappa shape index (κ2) is 3.26. The Morgan fingerprint density at radius 3 is 2.82 bits per heavy atom. The monoisotopic (exact) mass is 168 g/mol. The van der Waals surface area contributed by atoms with Crippen LogP contribution in [0.15, 0.2) is 24.1 Å². The van der Waals surface area contributed by atoms with Gasteiger partial charge in [-0.3, -0.25) is 4.79 Å². The molecule has 1 saturated heterocycles. The third-order valence-corrected chi connectivity index (χ3v) is 3.04. The Bertz CT molecular complexity index is 192. The van der Waals surface area contributed by atoms with Crippen molar-refractivity contribution in [3.05, 3.63) is 24.1 Å². The highest BCUT2D eigenvalue weighted by Gasteiger charge is 2.31. The zero-order valence-corrected chi connectivity index (χ0v) is 7.49. The molecular formula is C9H12OS. The van der Waals surface area contributed by atoms with Crippen LogP contribution in [0.2, 0.25) is 0 Å². The van der Waals surface area contributed by atoms with E-state index in [4.69, 9.17) is 0 Å². The summed E-state index contributed by atoms with van der Waals surface area (Å²) in [5.41, 5.74) is 0. The van der Waals surface area contributed by atoms with Crippen molar-refractivity contribution in [2.75, 3.05) is 5.75 Å². The van der Waals surface area contributed by atoms with Crippen molar-refractivity contribution >= 4 is 17.5 Å². The molecule has 1 fully saturated rings. The number of carbonyl (C=O) groups excluding carboxylic acids is 1. The molecule has 0 saturated carbocycles. The predicted octanol–water partition coefficient (Wildman–Crippen LogP) is 2.25. The molecule has 2 unspecified atom stereocenters. The van der Waals surface area contributed by atoms with Crippen LogP contribution < -0.4 is 0 Å². The minimum Gasteiger partial charge on any atom is -0.298 e. The van der Waals surface area contributed by atoms with E-state index in [0.717, 1.165) is 4.91 Å². The predicted molar refractivity (Wildman–Crippen MR) is 49.5 cm³/mol. The van der Waals surface area contributed by atoms with Gasteiger partial charge < -0.3 is 0 Å². The van der Waals surface area contributed by atoms with Crippen LogP contribution in [-0.2, 0) is 4.79 Å². The van der Waals surface area contributed by atoms with Gasteiger partial charge in [0.2, 0.25) is 0 Å². The van der Waals surface area contributed by atoms with Gasteiger partial charge in [0, 0.05) is 0 Å². The van der Waals surface area contributed by atoms with Crippen molar-refractivity contribution in [2.24, 2.45) is 11.8 Å². The smallest absolute Gasteiger partial charge is 0.151 e. The van der Waals surface area contributed by atoms with E-state index in [-0.39, 0.29) is 11.8 Å². The lowest BCUT2D eigenvalue weighted by molar-refractivity contribution is -0.119. The van der Waals surface area contributed by atoms with E-state index in [1.807, 2.05) is 13.0 Å². The Hall–Kier alpha value is -0.500. The summed E-state index contributed by atoms with van der Waals surface area (Å²) in [7, 11) is 0. The number of ketones is 1. The number of hydrogen-bond donors (Lipinski definition) is 0. The van der Waals surface area contributed by atoms with E-state index in [1.54, 1.807) is 11.8 Å². The van der Waals surface area contributed by atoms with Crippen LogP contribution in [-0.4, -0.2) is 11.5 Å². The van der Waals surface area contributed by atoms with Crippen molar-refractivity contribution in [3.8, 4) is 0 Å². The zero-order chi connectivity index (χ0) is 8.43. The highest BCUT2D eigenvalue weighted by molar-refractivity contribution is 8.04. The lowest BCUT2D eigenvalue weighted by atomic mass is 9.91. The van der Waals surface area contributed by atoms with Gasteiger partial charge in [-0.05, 0) is 10.8 Å². The van der Waals surface area contributed by atoms with E-state index in [0.29, 0.717) is 11.5 Å². The molecule has 2 atom stereocenters. The fraction of sp³-hybridized carbons (Fsp3) is 0.444. The third-order valence-electron chi connectivity index (χ3n) is 1.99. The maximum atomic E-state index is 11.3. The van der Waals surface area contributed by atoms with Gasteiger partial charge >= 0.3 is 0 Å². The molecule has 1 aliphatic rings. The summed E-state index contributed by atoms with van der Waals surface area (Å²) >= 11 is 1.57. The lowest BCUT2D eigenvalue weighted by Crippen LogP contribution is -2.16. The van der Waals surface area contributed by atoms with Crippen molar-refractivity contribution in [2.45, 2.75) is 6.92 Å². The van der Waals surface area contributed by atoms with Crippen molar-refractivity contribution in [3.63, 3.8) is 0 Å². The summed E-state index contributed by atoms with van der Waals surface area (Å²) in [6, 6.07) is 0. The van der Waals surface area contributed by atoms with E-state index < -0.39 is 0 Å². The molecular weight excluding hydrogens is 156 g/mol. The number of carbonyl (C=O) groups is 1. The van der Waals surface area contributed by atoms with Gasteiger partial charge in [-0.25, -0.2) is 0 Å². The second-order valence-corrected chi connectivity index (χ2v) is 3.90. The largest absolute Gasteiger partial charge is 0.298 e. The zero-order valence-electron chi connectivity index (χ0n) is 6.67. The van der Waals surface area contributed by atoms with E-state index in [1.165, 1.54) is 0 Å². The van der Waals surface area contributed by atoms with Crippen LogP contribution in [0.1, 0.15) is 6.92 Å². The minimum absolute atomic E-state index is 0.0255. The summed E-state index contributed by atoms with van der Waals surface area (Å²) in [5.74, 6) is 1.16. The SMILES string of the molecule is C=CC(C)C1C(=C)SCC1=O. The Morgan fingerprint density at radius 2 is 2.45 bits per heavy atom. The van der Waals surface area contributed by atoms with Gasteiger partial charge in [-0.15, -0.1) is 18.3 Å². The van der Waals surface area contributed by atoms with Crippen LogP contribution in [0.4, 0.5) is 0 Å². The Balaban J connectivity index is 2.75. The normalized spacial score (nSPS) is 27.2. The van der Waals surface area contributed by atoms with Gasteiger partial charge in [-0.2, -0.15) is 0 Å². The summed E-state index contributed by atoms with van der Waals surface area (Å²) in [6.07, 6.45) is 1.82. The van der Waals surface area contributed by atoms with Crippen LogP contribution >= 0.6 is 11.8 Å². The van der Waals surface area contributed by atoms with Crippen molar-refractivity contribution in [1.29, 1.82) is 0 Å². The van der Waals surface area contributed by atoms with E-state index in [9.17, 15) is 4.79 Å². The van der Waals surface area contributed by atoms with Gasteiger partial charge in [0.1, 0.15) is 0 Å². The summed E-state index contributed by atoms with van der Waals surface area (Å²) in [4.78, 5) is 12.3. The van der Waals surface area contributed by atoms with Gasteiger partial charge in [0.05, 0.1) is 11.7 Å². The summed E-state index contributed by atoms with van der Waals surface area (Å²) in [5, 5.41) is 0. The molecule has 0 aliphatic carbocycles. The first-order chi connectivity index (χ1) is 5.16. The molecule has 1 rings (SSSR count). The lowest BCUT2D eigenvalue weighted by Gasteiger charge is -2.12. The average molecular weight is 168 g/mol. The Kier molecular flexibility index (Phi) is 2.55. The van der Waals surface area contributed by atoms with Crippen LogP contribution in [0.5, 0.6) is 0 Å². The molecule has 1 aliphatic heterocycles. The van der Waals surface area contributed by atoms with Gasteiger partial charge in [0.15, 0.2) is 5.78 Å². The third kappa shape index (κ3) is 1.56. The fourth-order valence-corrected chi connectivity index (χ4v) is 2.28. The molecule has 0 aromatic rings. The fourth-order valence-electron chi connectivity index (χ4n) is 1.25. The first-order valence-electron chi connectivity index (χ1n) is 3.63. The Labute approximate surface area is 71.6 Å². The summed E-state index contributed by atoms with van der Waals surface area (Å²) in [6.45, 7) is 9.53. The molecule has 1 heterocycles. The topological polar surface area (TPSA) is 17.1 Å². The summed E-state index contributed by atoms with van der Waals surface area (Å²) < 4.78 is 0. The minimum atomic E-state index is 0.0255. The molecule has 0 aromatic heterocycles. The number of Topliss-reactive ketones (excluding diaryl/α,β-unsaturated/α-hetero) is 1. The molecule has 0 spiro atoms. The molecule has 0 amide bonds. The molecule has 0 bridgehead atoms. The quantitative estimate of drug-likeness (QED) is 0.588. The maximum Gasteiger partial charge on any atom is 0.151 e.